The summed E-state index contributed by atoms with van der Waals surface area (Å²) in [6, 6.07) is 1.52. The summed E-state index contributed by atoms with van der Waals surface area (Å²) in [4.78, 5) is 52.5. The van der Waals surface area contributed by atoms with E-state index < -0.39 is 17.7 Å². The van der Waals surface area contributed by atoms with E-state index in [9.17, 15) is 19.2 Å². The average molecular weight is 523 g/mol. The van der Waals surface area contributed by atoms with Crippen LogP contribution in [0.25, 0.3) is 0 Å². The van der Waals surface area contributed by atoms with Crippen LogP contribution >= 0.6 is 11.3 Å². The molecule has 0 aromatic carbocycles. The smallest absolute Gasteiger partial charge is 0.410 e. The van der Waals surface area contributed by atoms with Gasteiger partial charge in [0.05, 0.1) is 39.0 Å². The number of aromatic nitrogens is 1. The van der Waals surface area contributed by atoms with Gasteiger partial charge in [-0.25, -0.2) is 9.59 Å². The maximum absolute atomic E-state index is 13.2. The largest absolute Gasteiger partial charge is 0.465 e. The summed E-state index contributed by atoms with van der Waals surface area (Å²) < 4.78 is 15.1. The SMILES string of the molecule is COC(=O)c1scc(C)c1NC(=O)C[N+]1(CC(=O)Nc2ccon2)CCN(C(=O)OC(C)(C)C)CC1. The van der Waals surface area contributed by atoms with E-state index in [2.05, 4.69) is 15.8 Å². The van der Waals surface area contributed by atoms with Crippen LogP contribution in [0.4, 0.5) is 16.3 Å². The lowest BCUT2D eigenvalue weighted by Gasteiger charge is -2.43. The number of nitrogens with one attached hydrogen (secondary N) is 2. The molecule has 3 rings (SSSR count). The van der Waals surface area contributed by atoms with Crippen LogP contribution in [0, 0.1) is 6.92 Å². The van der Waals surface area contributed by atoms with Gasteiger partial charge in [-0.15, -0.1) is 11.3 Å². The Kier molecular flexibility index (Phi) is 8.35. The fraction of sp³-hybridized carbons (Fsp3) is 0.522. The minimum Gasteiger partial charge on any atom is -0.465 e. The van der Waals surface area contributed by atoms with Gasteiger partial charge in [-0.3, -0.25) is 14.5 Å². The number of hydrogen-bond acceptors (Lipinski definition) is 9. The van der Waals surface area contributed by atoms with Crippen LogP contribution in [-0.4, -0.2) is 90.4 Å². The van der Waals surface area contributed by atoms with Crippen molar-refractivity contribution in [3.05, 3.63) is 28.2 Å². The molecule has 196 valence electrons. The second-order valence-electron chi connectivity index (χ2n) is 9.67. The highest BCUT2D eigenvalue weighted by atomic mass is 32.1. The summed E-state index contributed by atoms with van der Waals surface area (Å²) in [6.07, 6.45) is 0.906. The predicted molar refractivity (Wildman–Crippen MR) is 132 cm³/mol. The zero-order chi connectivity index (χ0) is 26.5. The van der Waals surface area contributed by atoms with Crippen molar-refractivity contribution in [2.75, 3.05) is 57.0 Å². The Bertz CT molecular complexity index is 1100. The van der Waals surface area contributed by atoms with Crippen LogP contribution in [-0.2, 0) is 19.1 Å². The summed E-state index contributed by atoms with van der Waals surface area (Å²) in [5.41, 5.74) is 0.501. The van der Waals surface area contributed by atoms with Gasteiger partial charge in [0.1, 0.15) is 16.7 Å². The third kappa shape index (κ3) is 7.04. The van der Waals surface area contributed by atoms with Gasteiger partial charge in [0, 0.05) is 6.07 Å². The molecule has 0 unspecified atom stereocenters. The zero-order valence-electron chi connectivity index (χ0n) is 21.1. The lowest BCUT2D eigenvalue weighted by molar-refractivity contribution is -0.916. The normalized spacial score (nSPS) is 15.2. The Hall–Kier alpha value is -3.45. The summed E-state index contributed by atoms with van der Waals surface area (Å²) in [7, 11) is 1.28. The van der Waals surface area contributed by atoms with Gasteiger partial charge in [-0.2, -0.15) is 0 Å². The first-order chi connectivity index (χ1) is 16.9. The molecule has 1 aliphatic rings. The molecule has 1 aliphatic heterocycles. The Balaban J connectivity index is 1.74. The molecule has 2 aromatic heterocycles. The molecule has 3 amide bonds. The molecule has 0 aliphatic carbocycles. The van der Waals surface area contributed by atoms with E-state index in [1.54, 1.807) is 38.0 Å². The number of carbonyl (C=O) groups excluding carboxylic acids is 4. The number of esters is 1. The lowest BCUT2D eigenvalue weighted by atomic mass is 10.2. The highest BCUT2D eigenvalue weighted by Gasteiger charge is 2.40. The van der Waals surface area contributed by atoms with Crippen LogP contribution in [0.15, 0.2) is 22.2 Å². The van der Waals surface area contributed by atoms with Crippen LogP contribution in [0.5, 0.6) is 0 Å². The molecule has 0 saturated carbocycles. The first kappa shape index (κ1) is 27.1. The van der Waals surface area contributed by atoms with Crippen molar-refractivity contribution < 1.29 is 37.7 Å². The third-order valence-electron chi connectivity index (χ3n) is 5.61. The summed E-state index contributed by atoms with van der Waals surface area (Å²) in [5.74, 6) is -0.970. The number of hydrogen-bond donors (Lipinski definition) is 2. The molecule has 0 spiro atoms. The zero-order valence-corrected chi connectivity index (χ0v) is 21.9. The molecular formula is C23H32N5O7S+. The molecule has 36 heavy (non-hydrogen) atoms. The predicted octanol–water partition coefficient (Wildman–Crippen LogP) is 2.48. The van der Waals surface area contributed by atoms with Crippen LogP contribution in [0.1, 0.15) is 36.0 Å². The number of ether oxygens (including phenoxy) is 2. The maximum Gasteiger partial charge on any atom is 0.410 e. The summed E-state index contributed by atoms with van der Waals surface area (Å²) in [6.45, 7) is 8.44. The molecule has 13 heteroatoms. The van der Waals surface area contributed by atoms with Gasteiger partial charge >= 0.3 is 12.1 Å². The van der Waals surface area contributed by atoms with Crippen molar-refractivity contribution in [1.82, 2.24) is 10.1 Å². The Morgan fingerprint density at radius 3 is 2.33 bits per heavy atom. The van der Waals surface area contributed by atoms with Crippen molar-refractivity contribution in [2.24, 2.45) is 0 Å². The average Bonchev–Trinajstić information content (AvgIpc) is 3.42. The molecular weight excluding hydrogens is 490 g/mol. The molecule has 1 saturated heterocycles. The summed E-state index contributed by atoms with van der Waals surface area (Å²) >= 11 is 1.18. The number of amides is 3. The molecule has 3 heterocycles. The van der Waals surface area contributed by atoms with E-state index in [0.717, 1.165) is 5.56 Å². The number of methoxy groups -OCH3 is 1. The van der Waals surface area contributed by atoms with Crippen molar-refractivity contribution in [2.45, 2.75) is 33.3 Å². The van der Waals surface area contributed by atoms with Crippen molar-refractivity contribution in [3.8, 4) is 0 Å². The number of rotatable bonds is 7. The fourth-order valence-electron chi connectivity index (χ4n) is 3.86. The quantitative estimate of drug-likeness (QED) is 0.418. The van der Waals surface area contributed by atoms with Gasteiger partial charge in [-0.05, 0) is 38.6 Å². The second kappa shape index (κ2) is 11.1. The van der Waals surface area contributed by atoms with Gasteiger partial charge in [0.25, 0.3) is 11.8 Å². The Morgan fingerprint density at radius 2 is 1.78 bits per heavy atom. The number of thiophene rings is 1. The maximum atomic E-state index is 13.2. The first-order valence-electron chi connectivity index (χ1n) is 11.4. The van der Waals surface area contributed by atoms with Crippen molar-refractivity contribution in [1.29, 1.82) is 0 Å². The van der Waals surface area contributed by atoms with Gasteiger partial charge in [0.15, 0.2) is 18.9 Å². The molecule has 0 radical (unpaired) electrons. The lowest BCUT2D eigenvalue weighted by Crippen LogP contribution is -2.64. The monoisotopic (exact) mass is 522 g/mol. The van der Waals surface area contributed by atoms with E-state index in [0.29, 0.717) is 36.7 Å². The number of anilines is 2. The van der Waals surface area contributed by atoms with E-state index in [1.165, 1.54) is 30.8 Å². The van der Waals surface area contributed by atoms with Crippen LogP contribution in [0.3, 0.4) is 0 Å². The van der Waals surface area contributed by atoms with Gasteiger partial charge in [0.2, 0.25) is 0 Å². The minimum atomic E-state index is -0.631. The van der Waals surface area contributed by atoms with Crippen LogP contribution in [0.2, 0.25) is 0 Å². The van der Waals surface area contributed by atoms with Crippen LogP contribution < -0.4 is 10.6 Å². The molecule has 0 atom stereocenters. The van der Waals surface area contributed by atoms with Crippen molar-refractivity contribution >= 4 is 46.7 Å². The Morgan fingerprint density at radius 1 is 1.14 bits per heavy atom. The first-order valence-corrected chi connectivity index (χ1v) is 12.3. The van der Waals surface area contributed by atoms with E-state index >= 15 is 0 Å². The number of nitrogens with zero attached hydrogens (tertiary/aromatic N) is 3. The number of aryl methyl sites for hydroxylation is 1. The molecule has 0 bridgehead atoms. The van der Waals surface area contributed by atoms with Gasteiger partial charge < -0.3 is 29.1 Å². The highest BCUT2D eigenvalue weighted by molar-refractivity contribution is 7.12. The highest BCUT2D eigenvalue weighted by Crippen LogP contribution is 2.28. The topological polar surface area (TPSA) is 140 Å². The van der Waals surface area contributed by atoms with Gasteiger partial charge in [-0.1, -0.05) is 5.16 Å². The standard InChI is InChI=1S/C23H31N5O7S/c1-15-14-36-20(21(31)33-5)19(15)25-18(30)13-28(12-17(29)24-16-6-11-34-26-16)9-7-27(8-10-28)22(32)35-23(2,3)4/h6,11,14H,7-10,12-13H2,1-5H3,(H-,24,25,26,29,30,31)/p+1. The van der Waals surface area contributed by atoms with E-state index in [-0.39, 0.29) is 35.2 Å². The molecule has 12 nitrogen and oxygen atoms in total. The van der Waals surface area contributed by atoms with E-state index in [4.69, 9.17) is 14.0 Å². The molecule has 1 fully saturated rings. The second-order valence-corrected chi connectivity index (χ2v) is 10.5. The minimum absolute atomic E-state index is 0.0189. The number of carbonyl (C=O) groups is 4. The third-order valence-corrected chi connectivity index (χ3v) is 6.69. The number of quaternary nitrogens is 1. The van der Waals surface area contributed by atoms with Crippen molar-refractivity contribution in [3.63, 3.8) is 0 Å². The number of piperazine rings is 1. The van der Waals surface area contributed by atoms with E-state index in [1.807, 2.05) is 0 Å². The molecule has 2 N–H and O–H groups in total. The fourth-order valence-corrected chi connectivity index (χ4v) is 4.78. The molecule has 2 aromatic rings. The summed E-state index contributed by atoms with van der Waals surface area (Å²) in [5, 5.41) is 10.9. The Labute approximate surface area is 213 Å².